The van der Waals surface area contributed by atoms with Crippen LogP contribution in [0.4, 0.5) is 0 Å². The van der Waals surface area contributed by atoms with E-state index in [1.165, 1.54) is 19.3 Å². The molecule has 0 radical (unpaired) electrons. The number of fused-ring (bicyclic) bond motifs is 1. The summed E-state index contributed by atoms with van der Waals surface area (Å²) < 4.78 is 5.78. The highest BCUT2D eigenvalue weighted by Gasteiger charge is 2.19. The van der Waals surface area contributed by atoms with Crippen LogP contribution in [0.1, 0.15) is 55.8 Å². The summed E-state index contributed by atoms with van der Waals surface area (Å²) in [7, 11) is 0. The number of pyridine rings is 1. The second-order valence-electron chi connectivity index (χ2n) is 7.76. The molecule has 1 saturated carbocycles. The molecule has 2 aromatic carbocycles. The van der Waals surface area contributed by atoms with Crippen molar-refractivity contribution in [3.8, 4) is 17.0 Å². The Labute approximate surface area is 172 Å². The molecule has 1 aliphatic rings. The van der Waals surface area contributed by atoms with Crippen molar-refractivity contribution in [2.75, 3.05) is 6.61 Å². The van der Waals surface area contributed by atoms with E-state index in [1.807, 2.05) is 54.6 Å². The lowest BCUT2D eigenvalue weighted by atomic mass is 9.95. The lowest BCUT2D eigenvalue weighted by Crippen LogP contribution is -2.36. The van der Waals surface area contributed by atoms with Crippen molar-refractivity contribution < 1.29 is 9.53 Å². The Kier molecular flexibility index (Phi) is 6.09. The van der Waals surface area contributed by atoms with E-state index in [4.69, 9.17) is 9.72 Å². The first-order chi connectivity index (χ1) is 14.2. The quantitative estimate of drug-likeness (QED) is 0.585. The number of nitrogens with zero attached hydrogens (tertiary/aromatic N) is 1. The number of aromatic nitrogens is 1. The molecule has 0 unspecified atom stereocenters. The van der Waals surface area contributed by atoms with Gasteiger partial charge in [0.25, 0.3) is 5.91 Å². The van der Waals surface area contributed by atoms with Gasteiger partial charge in [-0.25, -0.2) is 4.98 Å². The van der Waals surface area contributed by atoms with Crippen LogP contribution in [0.2, 0.25) is 0 Å². The second-order valence-corrected chi connectivity index (χ2v) is 7.76. The van der Waals surface area contributed by atoms with E-state index >= 15 is 0 Å². The van der Waals surface area contributed by atoms with Crippen LogP contribution in [0.25, 0.3) is 22.2 Å². The van der Waals surface area contributed by atoms with Gasteiger partial charge in [0.05, 0.1) is 23.4 Å². The molecule has 0 aliphatic heterocycles. The molecule has 29 heavy (non-hydrogen) atoms. The van der Waals surface area contributed by atoms with Crippen molar-refractivity contribution in [2.24, 2.45) is 0 Å². The molecule has 1 heterocycles. The maximum absolute atomic E-state index is 13.2. The first-order valence-corrected chi connectivity index (χ1v) is 10.7. The van der Waals surface area contributed by atoms with E-state index in [1.54, 1.807) is 0 Å². The summed E-state index contributed by atoms with van der Waals surface area (Å²) in [6, 6.07) is 18.0. The number of rotatable bonds is 6. The molecule has 4 heteroatoms. The molecule has 1 amide bonds. The van der Waals surface area contributed by atoms with Crippen molar-refractivity contribution in [1.29, 1.82) is 0 Å². The van der Waals surface area contributed by atoms with Crippen molar-refractivity contribution in [2.45, 2.75) is 51.5 Å². The smallest absolute Gasteiger partial charge is 0.252 e. The normalized spacial score (nSPS) is 14.7. The molecule has 4 rings (SSSR count). The maximum atomic E-state index is 13.2. The molecule has 3 aromatic rings. The summed E-state index contributed by atoms with van der Waals surface area (Å²) in [5.74, 6) is 0.822. The predicted octanol–water partition coefficient (Wildman–Crippen LogP) is 5.75. The van der Waals surface area contributed by atoms with Crippen molar-refractivity contribution >= 4 is 16.8 Å². The van der Waals surface area contributed by atoms with Crippen LogP contribution in [0, 0.1) is 0 Å². The minimum absolute atomic E-state index is 0.00450. The first kappa shape index (κ1) is 19.4. The largest absolute Gasteiger partial charge is 0.494 e. The van der Waals surface area contributed by atoms with Crippen LogP contribution >= 0.6 is 0 Å². The van der Waals surface area contributed by atoms with Gasteiger partial charge in [-0.05, 0) is 43.5 Å². The van der Waals surface area contributed by atoms with Crippen molar-refractivity contribution in [1.82, 2.24) is 10.3 Å². The molecular formula is C25H28N2O2. The Morgan fingerprint density at radius 2 is 1.90 bits per heavy atom. The zero-order valence-corrected chi connectivity index (χ0v) is 17.0. The SMILES string of the molecule is CCCOc1cccc(-c2cc(C(=O)NC3CCCCC3)c3ccccc3n2)c1. The number of para-hydroxylation sites is 1. The number of hydrogen-bond donors (Lipinski definition) is 1. The fourth-order valence-corrected chi connectivity index (χ4v) is 3.99. The van der Waals surface area contributed by atoms with E-state index in [9.17, 15) is 4.79 Å². The van der Waals surface area contributed by atoms with Gasteiger partial charge in [-0.15, -0.1) is 0 Å². The van der Waals surface area contributed by atoms with Gasteiger partial charge in [0.15, 0.2) is 0 Å². The van der Waals surface area contributed by atoms with Crippen LogP contribution < -0.4 is 10.1 Å². The molecule has 150 valence electrons. The van der Waals surface area contributed by atoms with E-state index in [0.717, 1.165) is 47.2 Å². The van der Waals surface area contributed by atoms with Crippen LogP contribution in [-0.2, 0) is 0 Å². The third-order valence-corrected chi connectivity index (χ3v) is 5.50. The average molecular weight is 389 g/mol. The third-order valence-electron chi connectivity index (χ3n) is 5.50. The van der Waals surface area contributed by atoms with E-state index in [2.05, 4.69) is 12.2 Å². The van der Waals surface area contributed by atoms with Gasteiger partial charge in [0, 0.05) is 17.0 Å². The second kappa shape index (κ2) is 9.08. The van der Waals surface area contributed by atoms with E-state index in [0.29, 0.717) is 12.2 Å². The summed E-state index contributed by atoms with van der Waals surface area (Å²) in [5, 5.41) is 4.15. The molecule has 1 N–H and O–H groups in total. The van der Waals surface area contributed by atoms with Gasteiger partial charge in [-0.2, -0.15) is 0 Å². The number of ether oxygens (including phenoxy) is 1. The standard InChI is InChI=1S/C25H28N2O2/c1-2-15-29-20-12-8-9-18(16-20)24-17-22(21-13-6-7-14-23(21)27-24)25(28)26-19-10-4-3-5-11-19/h6-9,12-14,16-17,19H,2-5,10-11,15H2,1H3,(H,26,28). The van der Waals surface area contributed by atoms with Crippen molar-refractivity contribution in [3.63, 3.8) is 0 Å². The monoisotopic (exact) mass is 388 g/mol. The summed E-state index contributed by atoms with van der Waals surface area (Å²) in [6.45, 7) is 2.77. The molecule has 0 spiro atoms. The van der Waals surface area contributed by atoms with Gasteiger partial charge < -0.3 is 10.1 Å². The molecule has 0 saturated heterocycles. The van der Waals surface area contributed by atoms with Gasteiger partial charge in [0.1, 0.15) is 5.75 Å². The number of nitrogens with one attached hydrogen (secondary N) is 1. The Hall–Kier alpha value is -2.88. The van der Waals surface area contributed by atoms with Gasteiger partial charge in [0.2, 0.25) is 0 Å². The fraction of sp³-hybridized carbons (Fsp3) is 0.360. The average Bonchev–Trinajstić information content (AvgIpc) is 2.77. The Bertz CT molecular complexity index is 993. The minimum Gasteiger partial charge on any atom is -0.494 e. The zero-order valence-electron chi connectivity index (χ0n) is 17.0. The number of amides is 1. The Morgan fingerprint density at radius 1 is 1.07 bits per heavy atom. The lowest BCUT2D eigenvalue weighted by molar-refractivity contribution is 0.0929. The number of hydrogen-bond acceptors (Lipinski definition) is 3. The number of carbonyl (C=O) groups excluding carboxylic acids is 1. The van der Waals surface area contributed by atoms with Crippen LogP contribution in [-0.4, -0.2) is 23.5 Å². The number of carbonyl (C=O) groups is 1. The minimum atomic E-state index is -0.00450. The third kappa shape index (κ3) is 4.58. The molecule has 1 aliphatic carbocycles. The van der Waals surface area contributed by atoms with Gasteiger partial charge in [-0.3, -0.25) is 4.79 Å². The Morgan fingerprint density at radius 3 is 2.72 bits per heavy atom. The van der Waals surface area contributed by atoms with Crippen molar-refractivity contribution in [3.05, 3.63) is 60.2 Å². The Balaban J connectivity index is 1.70. The number of benzene rings is 2. The summed E-state index contributed by atoms with van der Waals surface area (Å²) in [5.41, 5.74) is 3.27. The van der Waals surface area contributed by atoms with Crippen LogP contribution in [0.5, 0.6) is 5.75 Å². The lowest BCUT2D eigenvalue weighted by Gasteiger charge is -2.23. The predicted molar refractivity (Wildman–Crippen MR) is 117 cm³/mol. The fourth-order valence-electron chi connectivity index (χ4n) is 3.99. The summed E-state index contributed by atoms with van der Waals surface area (Å²) >= 11 is 0. The van der Waals surface area contributed by atoms with Crippen LogP contribution in [0.3, 0.4) is 0 Å². The summed E-state index contributed by atoms with van der Waals surface area (Å²) in [4.78, 5) is 18.0. The zero-order chi connectivity index (χ0) is 20.1. The topological polar surface area (TPSA) is 51.2 Å². The van der Waals surface area contributed by atoms with Crippen LogP contribution in [0.15, 0.2) is 54.6 Å². The summed E-state index contributed by atoms with van der Waals surface area (Å²) in [6.07, 6.45) is 6.75. The maximum Gasteiger partial charge on any atom is 0.252 e. The van der Waals surface area contributed by atoms with E-state index < -0.39 is 0 Å². The highest BCUT2D eigenvalue weighted by atomic mass is 16.5. The van der Waals surface area contributed by atoms with E-state index in [-0.39, 0.29) is 11.9 Å². The molecular weight excluding hydrogens is 360 g/mol. The molecule has 1 fully saturated rings. The highest BCUT2D eigenvalue weighted by molar-refractivity contribution is 6.07. The van der Waals surface area contributed by atoms with Gasteiger partial charge in [-0.1, -0.05) is 56.5 Å². The molecule has 0 atom stereocenters. The molecule has 0 bridgehead atoms. The molecule has 1 aromatic heterocycles. The highest BCUT2D eigenvalue weighted by Crippen LogP contribution is 2.28. The van der Waals surface area contributed by atoms with Gasteiger partial charge >= 0.3 is 0 Å². The first-order valence-electron chi connectivity index (χ1n) is 10.7. The molecule has 4 nitrogen and oxygen atoms in total.